The van der Waals surface area contributed by atoms with E-state index >= 15 is 0 Å². The molecule has 0 aliphatic rings. The molecular weight excluding hydrogens is 326 g/mol. The van der Waals surface area contributed by atoms with Crippen molar-refractivity contribution in [3.63, 3.8) is 0 Å². The van der Waals surface area contributed by atoms with Crippen LogP contribution in [-0.4, -0.2) is 5.91 Å². The minimum absolute atomic E-state index is 0.217. The first-order valence-electron chi connectivity index (χ1n) is 7.52. The van der Waals surface area contributed by atoms with Crippen LogP contribution < -0.4 is 10.9 Å². The predicted octanol–water partition coefficient (Wildman–Crippen LogP) is 3.99. The summed E-state index contributed by atoms with van der Waals surface area (Å²) in [4.78, 5) is 24.1. The van der Waals surface area contributed by atoms with Crippen LogP contribution in [0.2, 0.25) is 5.02 Å². The molecule has 0 aliphatic heterocycles. The maximum atomic E-state index is 12.3. The first-order valence-corrected chi connectivity index (χ1v) is 7.90. The van der Waals surface area contributed by atoms with E-state index in [1.54, 1.807) is 24.3 Å². The molecule has 122 valence electrons. The fourth-order valence-corrected chi connectivity index (χ4v) is 2.77. The number of aryl methyl sites for hydroxylation is 2. The molecule has 0 radical (unpaired) electrons. The monoisotopic (exact) mass is 341 g/mol. The number of rotatable bonds is 3. The summed E-state index contributed by atoms with van der Waals surface area (Å²) in [6.07, 6.45) is 0. The van der Waals surface area contributed by atoms with Crippen molar-refractivity contribution in [1.29, 1.82) is 0 Å². The summed E-state index contributed by atoms with van der Waals surface area (Å²) in [6, 6.07) is 12.0. The average molecular weight is 342 g/mol. The highest BCUT2D eigenvalue weighted by atomic mass is 35.5. The molecule has 3 aromatic rings. The van der Waals surface area contributed by atoms with Gasteiger partial charge in [-0.2, -0.15) is 0 Å². The van der Waals surface area contributed by atoms with Gasteiger partial charge in [-0.3, -0.25) is 4.79 Å². The molecule has 0 saturated carbocycles. The lowest BCUT2D eigenvalue weighted by atomic mass is 10.0. The minimum atomic E-state index is -0.437. The van der Waals surface area contributed by atoms with E-state index in [1.807, 2.05) is 26.0 Å². The number of nitrogens with one attached hydrogen (secondary N) is 1. The Morgan fingerprint density at radius 2 is 1.83 bits per heavy atom. The lowest BCUT2D eigenvalue weighted by Crippen LogP contribution is -2.23. The van der Waals surface area contributed by atoms with Crippen LogP contribution in [0.5, 0.6) is 0 Å². The zero-order valence-electron chi connectivity index (χ0n) is 13.4. The lowest BCUT2D eigenvalue weighted by molar-refractivity contribution is 0.0951. The van der Waals surface area contributed by atoms with Crippen LogP contribution in [0.25, 0.3) is 11.0 Å². The van der Waals surface area contributed by atoms with E-state index in [4.69, 9.17) is 16.0 Å². The molecule has 1 N–H and O–H groups in total. The molecule has 0 atom stereocenters. The highest BCUT2D eigenvalue weighted by Gasteiger charge is 2.12. The van der Waals surface area contributed by atoms with E-state index in [1.165, 1.54) is 6.07 Å². The zero-order valence-corrected chi connectivity index (χ0v) is 14.1. The van der Waals surface area contributed by atoms with Crippen LogP contribution in [0.3, 0.4) is 0 Å². The zero-order chi connectivity index (χ0) is 17.3. The third-order valence-corrected chi connectivity index (χ3v) is 4.33. The molecule has 24 heavy (non-hydrogen) atoms. The molecule has 0 fully saturated rings. The number of halogens is 1. The summed E-state index contributed by atoms with van der Waals surface area (Å²) in [5, 5.41) is 4.01. The van der Waals surface area contributed by atoms with Gasteiger partial charge < -0.3 is 9.73 Å². The Labute approximate surface area is 144 Å². The van der Waals surface area contributed by atoms with Gasteiger partial charge in [-0.05, 0) is 54.8 Å². The van der Waals surface area contributed by atoms with Gasteiger partial charge in [-0.1, -0.05) is 23.7 Å². The van der Waals surface area contributed by atoms with E-state index in [9.17, 15) is 9.59 Å². The Balaban J connectivity index is 1.93. The highest BCUT2D eigenvalue weighted by molar-refractivity contribution is 6.33. The number of hydrogen-bond donors (Lipinski definition) is 1. The molecule has 1 aromatic heterocycles. The second-order valence-corrected chi connectivity index (χ2v) is 6.09. The lowest BCUT2D eigenvalue weighted by Gasteiger charge is -2.10. The van der Waals surface area contributed by atoms with Gasteiger partial charge in [0.25, 0.3) is 5.91 Å². The van der Waals surface area contributed by atoms with Crippen LogP contribution in [0, 0.1) is 13.8 Å². The molecule has 0 unspecified atom stereocenters. The summed E-state index contributed by atoms with van der Waals surface area (Å²) in [5.41, 5.74) is 3.33. The smallest absolute Gasteiger partial charge is 0.336 e. The van der Waals surface area contributed by atoms with Gasteiger partial charge in [0.1, 0.15) is 5.58 Å². The van der Waals surface area contributed by atoms with Gasteiger partial charge in [0.05, 0.1) is 10.6 Å². The first kappa shape index (κ1) is 16.3. The quantitative estimate of drug-likeness (QED) is 0.733. The Hall–Kier alpha value is -2.59. The maximum absolute atomic E-state index is 12.3. The van der Waals surface area contributed by atoms with Crippen molar-refractivity contribution < 1.29 is 9.21 Å². The molecular formula is C19H16ClNO3. The minimum Gasteiger partial charge on any atom is -0.423 e. The van der Waals surface area contributed by atoms with Crippen LogP contribution in [-0.2, 0) is 6.54 Å². The molecule has 3 rings (SSSR count). The Kier molecular flexibility index (Phi) is 4.40. The highest BCUT2D eigenvalue weighted by Crippen LogP contribution is 2.22. The Bertz CT molecular complexity index is 992. The van der Waals surface area contributed by atoms with Crippen molar-refractivity contribution in [2.45, 2.75) is 20.4 Å². The Morgan fingerprint density at radius 1 is 1.12 bits per heavy atom. The second kappa shape index (κ2) is 6.49. The number of benzene rings is 2. The topological polar surface area (TPSA) is 59.3 Å². The van der Waals surface area contributed by atoms with Crippen molar-refractivity contribution >= 4 is 28.5 Å². The van der Waals surface area contributed by atoms with Crippen molar-refractivity contribution in [3.05, 3.63) is 80.2 Å². The molecule has 0 saturated heterocycles. The number of amides is 1. The third kappa shape index (κ3) is 3.19. The van der Waals surface area contributed by atoms with E-state index in [0.29, 0.717) is 21.7 Å². The number of carbonyl (C=O) groups is 1. The van der Waals surface area contributed by atoms with Gasteiger partial charge in [0, 0.05) is 18.0 Å². The fraction of sp³-hybridized carbons (Fsp3) is 0.158. The molecule has 4 nitrogen and oxygen atoms in total. The normalized spacial score (nSPS) is 10.8. The van der Waals surface area contributed by atoms with Crippen LogP contribution in [0.4, 0.5) is 0 Å². The SMILES string of the molecule is Cc1cc2oc(=O)cc(CNC(=O)c3ccccc3Cl)c2cc1C. The molecule has 1 heterocycles. The summed E-state index contributed by atoms with van der Waals surface area (Å²) in [6.45, 7) is 4.17. The van der Waals surface area contributed by atoms with Crippen molar-refractivity contribution in [3.8, 4) is 0 Å². The van der Waals surface area contributed by atoms with Gasteiger partial charge in [-0.15, -0.1) is 0 Å². The third-order valence-electron chi connectivity index (χ3n) is 4.00. The molecule has 2 aromatic carbocycles. The average Bonchev–Trinajstić information content (AvgIpc) is 2.54. The van der Waals surface area contributed by atoms with Gasteiger partial charge in [-0.25, -0.2) is 4.79 Å². The largest absolute Gasteiger partial charge is 0.423 e. The molecule has 0 aliphatic carbocycles. The van der Waals surface area contributed by atoms with E-state index in [0.717, 1.165) is 16.5 Å². The number of fused-ring (bicyclic) bond motifs is 1. The Morgan fingerprint density at radius 3 is 2.58 bits per heavy atom. The van der Waals surface area contributed by atoms with Crippen LogP contribution in [0.15, 0.2) is 51.7 Å². The first-order chi connectivity index (χ1) is 11.5. The van der Waals surface area contributed by atoms with E-state index in [2.05, 4.69) is 5.32 Å². The molecule has 0 bridgehead atoms. The number of hydrogen-bond acceptors (Lipinski definition) is 3. The summed E-state index contributed by atoms with van der Waals surface area (Å²) >= 11 is 6.03. The summed E-state index contributed by atoms with van der Waals surface area (Å²) < 4.78 is 5.26. The summed E-state index contributed by atoms with van der Waals surface area (Å²) in [7, 11) is 0. The van der Waals surface area contributed by atoms with Crippen molar-refractivity contribution in [1.82, 2.24) is 5.32 Å². The molecule has 0 spiro atoms. The maximum Gasteiger partial charge on any atom is 0.336 e. The standard InChI is InChI=1S/C19H16ClNO3/c1-11-7-15-13(9-18(22)24-17(15)8-12(11)2)10-21-19(23)14-5-3-4-6-16(14)20/h3-9H,10H2,1-2H3,(H,21,23). The fourth-order valence-electron chi connectivity index (χ4n) is 2.55. The van der Waals surface area contributed by atoms with Gasteiger partial charge in [0.2, 0.25) is 0 Å². The van der Waals surface area contributed by atoms with Gasteiger partial charge >= 0.3 is 5.63 Å². The second-order valence-electron chi connectivity index (χ2n) is 5.69. The van der Waals surface area contributed by atoms with Crippen LogP contribution >= 0.6 is 11.6 Å². The number of carbonyl (C=O) groups excluding carboxylic acids is 1. The van der Waals surface area contributed by atoms with E-state index < -0.39 is 5.63 Å². The van der Waals surface area contributed by atoms with Crippen LogP contribution in [0.1, 0.15) is 27.0 Å². The summed E-state index contributed by atoms with van der Waals surface area (Å²) in [5.74, 6) is -0.286. The van der Waals surface area contributed by atoms with Crippen molar-refractivity contribution in [2.75, 3.05) is 0 Å². The predicted molar refractivity (Wildman–Crippen MR) is 94.6 cm³/mol. The van der Waals surface area contributed by atoms with Gasteiger partial charge in [0.15, 0.2) is 0 Å². The molecule has 5 heteroatoms. The van der Waals surface area contributed by atoms with E-state index in [-0.39, 0.29) is 12.5 Å². The van der Waals surface area contributed by atoms with Crippen molar-refractivity contribution in [2.24, 2.45) is 0 Å². The molecule has 1 amide bonds.